The van der Waals surface area contributed by atoms with Gasteiger partial charge in [0.05, 0.1) is 24.9 Å². The van der Waals surface area contributed by atoms with Crippen molar-refractivity contribution in [1.29, 1.82) is 0 Å². The Morgan fingerprint density at radius 3 is 3.00 bits per heavy atom. The molecular formula is C14H14FN3O2. The predicted molar refractivity (Wildman–Crippen MR) is 73.8 cm³/mol. The van der Waals surface area contributed by atoms with E-state index >= 15 is 0 Å². The van der Waals surface area contributed by atoms with E-state index in [1.54, 1.807) is 24.3 Å². The van der Waals surface area contributed by atoms with Crippen LogP contribution in [0.15, 0.2) is 42.7 Å². The van der Waals surface area contributed by atoms with Crippen molar-refractivity contribution in [3.63, 3.8) is 0 Å². The summed E-state index contributed by atoms with van der Waals surface area (Å²) in [5.41, 5.74) is 6.30. The molecule has 1 heterocycles. The lowest BCUT2D eigenvalue weighted by Gasteiger charge is -2.08. The number of aromatic nitrogens is 1. The van der Waals surface area contributed by atoms with Gasteiger partial charge >= 0.3 is 0 Å². The van der Waals surface area contributed by atoms with E-state index in [1.165, 1.54) is 12.3 Å². The minimum Gasteiger partial charge on any atom is -0.493 e. The topological polar surface area (TPSA) is 77.2 Å². The van der Waals surface area contributed by atoms with E-state index in [1.807, 2.05) is 0 Å². The van der Waals surface area contributed by atoms with Crippen LogP contribution < -0.4 is 15.8 Å². The highest BCUT2D eigenvalue weighted by atomic mass is 19.1. The van der Waals surface area contributed by atoms with Gasteiger partial charge in [0.15, 0.2) is 5.82 Å². The van der Waals surface area contributed by atoms with Crippen LogP contribution in [0.5, 0.6) is 5.75 Å². The van der Waals surface area contributed by atoms with E-state index < -0.39 is 5.82 Å². The molecule has 0 spiro atoms. The van der Waals surface area contributed by atoms with Gasteiger partial charge in [0.2, 0.25) is 5.91 Å². The Labute approximate surface area is 115 Å². The number of nitrogens with one attached hydrogen (secondary N) is 1. The van der Waals surface area contributed by atoms with E-state index in [9.17, 15) is 9.18 Å². The Morgan fingerprint density at radius 1 is 1.40 bits per heavy atom. The number of anilines is 2. The second-order valence-electron chi connectivity index (χ2n) is 4.07. The molecule has 0 bridgehead atoms. The molecule has 0 atom stereocenters. The van der Waals surface area contributed by atoms with Crippen molar-refractivity contribution in [2.24, 2.45) is 0 Å². The number of halogens is 1. The highest BCUT2D eigenvalue weighted by Gasteiger charge is 2.06. The summed E-state index contributed by atoms with van der Waals surface area (Å²) >= 11 is 0. The molecule has 6 heteroatoms. The maximum absolute atomic E-state index is 13.3. The Hall–Kier alpha value is -2.63. The number of ether oxygens (including phenoxy) is 1. The van der Waals surface area contributed by atoms with Gasteiger partial charge in [-0.3, -0.25) is 9.78 Å². The van der Waals surface area contributed by atoms with Crippen LogP contribution in [0.1, 0.15) is 6.42 Å². The number of nitrogens with zero attached hydrogens (tertiary/aromatic N) is 1. The number of benzene rings is 1. The van der Waals surface area contributed by atoms with Crippen LogP contribution in [0, 0.1) is 5.82 Å². The maximum atomic E-state index is 13.3. The van der Waals surface area contributed by atoms with Gasteiger partial charge in [0.25, 0.3) is 0 Å². The molecular weight excluding hydrogens is 261 g/mol. The molecule has 0 aliphatic carbocycles. The first-order valence-electron chi connectivity index (χ1n) is 6.03. The summed E-state index contributed by atoms with van der Waals surface area (Å²) in [7, 11) is 0. The number of rotatable bonds is 5. The standard InChI is InChI=1S/C14H14FN3O2/c15-12-9-17-6-4-13(12)18-14(19)5-7-20-11-3-1-2-10(16)8-11/h1-4,6,8-9H,5,7,16H2,(H,17,18,19). The second-order valence-corrected chi connectivity index (χ2v) is 4.07. The molecule has 1 aromatic heterocycles. The van der Waals surface area contributed by atoms with Crippen molar-refractivity contribution in [2.45, 2.75) is 6.42 Å². The van der Waals surface area contributed by atoms with Crippen LogP contribution in [0.4, 0.5) is 15.8 Å². The fourth-order valence-electron chi connectivity index (χ4n) is 1.56. The molecule has 0 unspecified atom stereocenters. The third-order valence-electron chi connectivity index (χ3n) is 2.50. The molecule has 3 N–H and O–H groups in total. The van der Waals surface area contributed by atoms with E-state index in [4.69, 9.17) is 10.5 Å². The van der Waals surface area contributed by atoms with Crippen LogP contribution in [-0.4, -0.2) is 17.5 Å². The first kappa shape index (κ1) is 13.8. The lowest BCUT2D eigenvalue weighted by Crippen LogP contribution is -2.16. The van der Waals surface area contributed by atoms with Gasteiger partial charge in [-0.05, 0) is 18.2 Å². The molecule has 5 nitrogen and oxygen atoms in total. The van der Waals surface area contributed by atoms with Crippen molar-refractivity contribution in [3.8, 4) is 5.75 Å². The molecule has 104 valence electrons. The SMILES string of the molecule is Nc1cccc(OCCC(=O)Nc2ccncc2F)c1. The molecule has 0 saturated carbocycles. The fraction of sp³-hybridized carbons (Fsp3) is 0.143. The Bertz CT molecular complexity index is 604. The average Bonchev–Trinajstić information content (AvgIpc) is 2.41. The first-order valence-corrected chi connectivity index (χ1v) is 6.03. The number of nitrogen functional groups attached to an aromatic ring is 1. The number of carbonyl (C=O) groups is 1. The van der Waals surface area contributed by atoms with E-state index in [0.717, 1.165) is 6.20 Å². The van der Waals surface area contributed by atoms with E-state index in [2.05, 4.69) is 10.3 Å². The zero-order valence-corrected chi connectivity index (χ0v) is 10.7. The lowest BCUT2D eigenvalue weighted by molar-refractivity contribution is -0.116. The van der Waals surface area contributed by atoms with Gasteiger partial charge in [-0.25, -0.2) is 4.39 Å². The van der Waals surface area contributed by atoms with Crippen LogP contribution >= 0.6 is 0 Å². The largest absolute Gasteiger partial charge is 0.493 e. The minimum absolute atomic E-state index is 0.106. The summed E-state index contributed by atoms with van der Waals surface area (Å²) in [5, 5.41) is 2.45. The molecule has 0 radical (unpaired) electrons. The molecule has 2 rings (SSSR count). The van der Waals surface area contributed by atoms with Crippen molar-refractivity contribution in [3.05, 3.63) is 48.5 Å². The monoisotopic (exact) mass is 275 g/mol. The third kappa shape index (κ3) is 3.94. The molecule has 0 aliphatic heterocycles. The third-order valence-corrected chi connectivity index (χ3v) is 2.50. The van der Waals surface area contributed by atoms with E-state index in [-0.39, 0.29) is 24.6 Å². The highest BCUT2D eigenvalue weighted by molar-refractivity contribution is 5.90. The predicted octanol–water partition coefficient (Wildman–Crippen LogP) is 2.21. The molecule has 0 fully saturated rings. The van der Waals surface area contributed by atoms with Gasteiger partial charge in [-0.15, -0.1) is 0 Å². The van der Waals surface area contributed by atoms with Crippen molar-refractivity contribution >= 4 is 17.3 Å². The number of nitrogens with two attached hydrogens (primary N) is 1. The van der Waals surface area contributed by atoms with Crippen molar-refractivity contribution in [1.82, 2.24) is 4.98 Å². The van der Waals surface area contributed by atoms with Gasteiger partial charge in [-0.2, -0.15) is 0 Å². The summed E-state index contributed by atoms with van der Waals surface area (Å²) in [6.45, 7) is 0.183. The Morgan fingerprint density at radius 2 is 2.25 bits per heavy atom. The van der Waals surface area contributed by atoms with Crippen LogP contribution in [0.25, 0.3) is 0 Å². The number of hydrogen-bond acceptors (Lipinski definition) is 4. The molecule has 0 saturated heterocycles. The van der Waals surface area contributed by atoms with Crippen molar-refractivity contribution in [2.75, 3.05) is 17.7 Å². The summed E-state index contributed by atoms with van der Waals surface area (Å²) in [5.74, 6) is -0.315. The van der Waals surface area contributed by atoms with Crippen LogP contribution in [0.2, 0.25) is 0 Å². The average molecular weight is 275 g/mol. The van der Waals surface area contributed by atoms with Gasteiger partial charge in [-0.1, -0.05) is 6.07 Å². The number of pyridine rings is 1. The molecule has 1 aromatic carbocycles. The molecule has 20 heavy (non-hydrogen) atoms. The smallest absolute Gasteiger partial charge is 0.227 e. The number of amides is 1. The zero-order chi connectivity index (χ0) is 14.4. The molecule has 2 aromatic rings. The lowest BCUT2D eigenvalue weighted by atomic mass is 10.3. The molecule has 0 aliphatic rings. The first-order chi connectivity index (χ1) is 9.65. The summed E-state index contributed by atoms with van der Waals surface area (Å²) in [4.78, 5) is 15.2. The number of carbonyl (C=O) groups excluding carboxylic acids is 1. The summed E-state index contributed by atoms with van der Waals surface area (Å²) in [6.07, 6.45) is 2.55. The fourth-order valence-corrected chi connectivity index (χ4v) is 1.56. The quantitative estimate of drug-likeness (QED) is 0.820. The number of hydrogen-bond donors (Lipinski definition) is 2. The van der Waals surface area contributed by atoms with Crippen molar-refractivity contribution < 1.29 is 13.9 Å². The second kappa shape index (κ2) is 6.51. The van der Waals surface area contributed by atoms with Gasteiger partial charge < -0.3 is 15.8 Å². The van der Waals surface area contributed by atoms with Gasteiger partial charge in [0, 0.05) is 18.0 Å². The normalized spacial score (nSPS) is 10.1. The van der Waals surface area contributed by atoms with E-state index in [0.29, 0.717) is 11.4 Å². The maximum Gasteiger partial charge on any atom is 0.227 e. The Kier molecular flexibility index (Phi) is 4.49. The van der Waals surface area contributed by atoms with Crippen LogP contribution in [-0.2, 0) is 4.79 Å². The highest BCUT2D eigenvalue weighted by Crippen LogP contribution is 2.15. The molecule has 1 amide bonds. The summed E-state index contributed by atoms with van der Waals surface area (Å²) < 4.78 is 18.6. The summed E-state index contributed by atoms with van der Waals surface area (Å²) in [6, 6.07) is 8.31. The minimum atomic E-state index is -0.572. The van der Waals surface area contributed by atoms with Gasteiger partial charge in [0.1, 0.15) is 5.75 Å². The zero-order valence-electron chi connectivity index (χ0n) is 10.7. The Balaban J connectivity index is 1.80. The van der Waals surface area contributed by atoms with Crippen LogP contribution in [0.3, 0.4) is 0 Å².